The van der Waals surface area contributed by atoms with Crippen molar-refractivity contribution < 1.29 is 26.9 Å². The molecule has 0 aromatic carbocycles. The topological polar surface area (TPSA) is 79.1 Å². The smallest absolute Gasteiger partial charge is 0.272 e. The van der Waals surface area contributed by atoms with E-state index in [4.69, 9.17) is 14.5 Å². The van der Waals surface area contributed by atoms with Gasteiger partial charge in [-0.25, -0.2) is 28.1 Å². The number of hydrogen-bond donors (Lipinski definition) is 0. The second-order valence-corrected chi connectivity index (χ2v) is 9.37. The van der Waals surface area contributed by atoms with Crippen molar-refractivity contribution >= 4 is 21.8 Å². The third-order valence-electron chi connectivity index (χ3n) is 5.40. The van der Waals surface area contributed by atoms with Gasteiger partial charge in [-0.3, -0.25) is 4.21 Å². The number of nitrogens with zero attached hydrogens (tertiary/aromatic N) is 4. The molecule has 166 valence electrons. The monoisotopic (exact) mass is 454 g/mol. The Kier molecular flexibility index (Phi) is 5.87. The summed E-state index contributed by atoms with van der Waals surface area (Å²) in [5, 5.41) is 0. The SMILES string of the molecule is Cn1c(C2(C)CCS(=O)CC2)nc2cnc(Oc3ncc(F)cc3OCC(F)F)cc21. The molecule has 0 spiro atoms. The lowest BCUT2D eigenvalue weighted by atomic mass is 9.83. The van der Waals surface area contributed by atoms with Crippen LogP contribution in [0.3, 0.4) is 0 Å². The van der Waals surface area contributed by atoms with Gasteiger partial charge in [0.1, 0.15) is 23.8 Å². The number of hydrogen-bond acceptors (Lipinski definition) is 6. The van der Waals surface area contributed by atoms with E-state index in [-0.39, 0.29) is 22.9 Å². The van der Waals surface area contributed by atoms with Crippen molar-refractivity contribution in [2.75, 3.05) is 18.1 Å². The van der Waals surface area contributed by atoms with Crippen molar-refractivity contribution in [3.05, 3.63) is 36.2 Å². The Labute approximate surface area is 179 Å². The second kappa shape index (κ2) is 8.45. The maximum atomic E-state index is 13.5. The second-order valence-electron chi connectivity index (χ2n) is 7.68. The van der Waals surface area contributed by atoms with Crippen molar-refractivity contribution in [2.24, 2.45) is 7.05 Å². The molecule has 7 nitrogen and oxygen atoms in total. The quantitative estimate of drug-likeness (QED) is 0.565. The highest BCUT2D eigenvalue weighted by atomic mass is 32.2. The lowest BCUT2D eigenvalue weighted by Gasteiger charge is -2.32. The zero-order valence-electron chi connectivity index (χ0n) is 17.0. The standard InChI is InChI=1S/C20H21F3N4O3S/c1-20(3-5-31(28)6-4-20)19-26-13-10-24-17(8-14(13)27(19)2)30-18-15(29-11-16(22)23)7-12(21)9-25-18/h7-10,16H,3-6,11H2,1-2H3. The minimum absolute atomic E-state index is 0.137. The predicted octanol–water partition coefficient (Wildman–Crippen LogP) is 3.74. The van der Waals surface area contributed by atoms with E-state index in [0.717, 1.165) is 36.4 Å². The van der Waals surface area contributed by atoms with E-state index < -0.39 is 29.6 Å². The van der Waals surface area contributed by atoms with E-state index >= 15 is 0 Å². The van der Waals surface area contributed by atoms with Gasteiger partial charge in [-0.05, 0) is 12.8 Å². The number of fused-ring (bicyclic) bond motifs is 1. The molecule has 0 radical (unpaired) electrons. The van der Waals surface area contributed by atoms with E-state index in [1.807, 2.05) is 11.6 Å². The van der Waals surface area contributed by atoms with Crippen molar-refractivity contribution in [3.63, 3.8) is 0 Å². The van der Waals surface area contributed by atoms with E-state index in [1.54, 1.807) is 12.3 Å². The largest absolute Gasteiger partial charge is 0.482 e. The molecule has 0 atom stereocenters. The van der Waals surface area contributed by atoms with Gasteiger partial charge in [-0.2, -0.15) is 0 Å². The molecule has 1 aliphatic heterocycles. The molecule has 3 aromatic heterocycles. The molecule has 0 bridgehead atoms. The summed E-state index contributed by atoms with van der Waals surface area (Å²) in [6, 6.07) is 2.58. The molecule has 0 unspecified atom stereocenters. The first kappa shape index (κ1) is 21.5. The van der Waals surface area contributed by atoms with Crippen LogP contribution in [0.5, 0.6) is 17.5 Å². The lowest BCUT2D eigenvalue weighted by Crippen LogP contribution is -2.34. The average molecular weight is 454 g/mol. The summed E-state index contributed by atoms with van der Waals surface area (Å²) >= 11 is 0. The molecule has 0 aliphatic carbocycles. The minimum Gasteiger partial charge on any atom is -0.482 e. The van der Waals surface area contributed by atoms with Gasteiger partial charge >= 0.3 is 0 Å². The molecule has 4 heterocycles. The van der Waals surface area contributed by atoms with Crippen LogP contribution in [0.15, 0.2) is 24.5 Å². The van der Waals surface area contributed by atoms with Crippen LogP contribution in [0.2, 0.25) is 0 Å². The van der Waals surface area contributed by atoms with E-state index in [0.29, 0.717) is 17.0 Å². The summed E-state index contributed by atoms with van der Waals surface area (Å²) in [7, 11) is 1.11. The van der Waals surface area contributed by atoms with Crippen LogP contribution in [-0.2, 0) is 23.3 Å². The Morgan fingerprint density at radius 2 is 1.97 bits per heavy atom. The van der Waals surface area contributed by atoms with Gasteiger partial charge in [0.05, 0.1) is 17.9 Å². The van der Waals surface area contributed by atoms with Gasteiger partial charge < -0.3 is 14.0 Å². The summed E-state index contributed by atoms with van der Waals surface area (Å²) in [5.41, 5.74) is 1.22. The highest BCUT2D eigenvalue weighted by Crippen LogP contribution is 2.36. The van der Waals surface area contributed by atoms with Crippen LogP contribution in [0.4, 0.5) is 13.2 Å². The molecule has 1 aliphatic rings. The van der Waals surface area contributed by atoms with Crippen LogP contribution in [-0.4, -0.2) is 48.3 Å². The Balaban J connectivity index is 1.63. The van der Waals surface area contributed by atoms with Crippen molar-refractivity contribution in [3.8, 4) is 17.5 Å². The Hall–Kier alpha value is -2.69. The van der Waals surface area contributed by atoms with Crippen LogP contribution < -0.4 is 9.47 Å². The zero-order chi connectivity index (χ0) is 22.2. The minimum atomic E-state index is -2.72. The zero-order valence-corrected chi connectivity index (χ0v) is 17.8. The Morgan fingerprint density at radius 1 is 1.23 bits per heavy atom. The number of alkyl halides is 2. The van der Waals surface area contributed by atoms with E-state index in [2.05, 4.69) is 16.9 Å². The number of rotatable bonds is 6. The van der Waals surface area contributed by atoms with Gasteiger partial charge in [0.2, 0.25) is 5.88 Å². The summed E-state index contributed by atoms with van der Waals surface area (Å²) in [4.78, 5) is 12.7. The number of halogens is 3. The van der Waals surface area contributed by atoms with Crippen molar-refractivity contribution in [2.45, 2.75) is 31.6 Å². The van der Waals surface area contributed by atoms with Gasteiger partial charge in [0.15, 0.2) is 5.75 Å². The summed E-state index contributed by atoms with van der Waals surface area (Å²) in [5.74, 6) is 1.15. The molecule has 1 fully saturated rings. The number of pyridine rings is 2. The fraction of sp³-hybridized carbons (Fsp3) is 0.450. The predicted molar refractivity (Wildman–Crippen MR) is 109 cm³/mol. The van der Waals surface area contributed by atoms with Crippen molar-refractivity contribution in [1.82, 2.24) is 19.5 Å². The number of ether oxygens (including phenoxy) is 2. The molecule has 1 saturated heterocycles. The van der Waals surface area contributed by atoms with Gasteiger partial charge in [-0.1, -0.05) is 6.92 Å². The maximum absolute atomic E-state index is 13.5. The van der Waals surface area contributed by atoms with Gasteiger partial charge in [0, 0.05) is 46.9 Å². The molecule has 4 rings (SSSR count). The van der Waals surface area contributed by atoms with Gasteiger partial charge in [-0.15, -0.1) is 0 Å². The molecule has 3 aromatic rings. The number of imidazole rings is 1. The molecule has 0 N–H and O–H groups in total. The third kappa shape index (κ3) is 4.51. The fourth-order valence-electron chi connectivity index (χ4n) is 3.64. The fourth-order valence-corrected chi connectivity index (χ4v) is 5.20. The normalized spacial score (nSPS) is 21.5. The summed E-state index contributed by atoms with van der Waals surface area (Å²) in [6.45, 7) is 1.20. The number of aryl methyl sites for hydroxylation is 1. The average Bonchev–Trinajstić information content (AvgIpc) is 3.07. The van der Waals surface area contributed by atoms with E-state index in [1.165, 1.54) is 0 Å². The highest BCUT2D eigenvalue weighted by Gasteiger charge is 2.35. The maximum Gasteiger partial charge on any atom is 0.272 e. The van der Waals surface area contributed by atoms with Crippen LogP contribution in [0.25, 0.3) is 11.0 Å². The lowest BCUT2D eigenvalue weighted by molar-refractivity contribution is 0.0801. The third-order valence-corrected chi connectivity index (χ3v) is 6.71. The highest BCUT2D eigenvalue weighted by molar-refractivity contribution is 7.85. The Bertz CT molecular complexity index is 1130. The summed E-state index contributed by atoms with van der Waals surface area (Å²) < 4.78 is 62.7. The first-order valence-electron chi connectivity index (χ1n) is 9.67. The first-order valence-corrected chi connectivity index (χ1v) is 11.2. The molecular formula is C20H21F3N4O3S. The van der Waals surface area contributed by atoms with Gasteiger partial charge in [0.25, 0.3) is 12.3 Å². The van der Waals surface area contributed by atoms with Crippen LogP contribution in [0.1, 0.15) is 25.6 Å². The molecule has 11 heteroatoms. The molecule has 0 amide bonds. The van der Waals surface area contributed by atoms with E-state index in [9.17, 15) is 17.4 Å². The van der Waals surface area contributed by atoms with Crippen LogP contribution >= 0.6 is 0 Å². The number of aromatic nitrogens is 4. The van der Waals surface area contributed by atoms with Crippen molar-refractivity contribution in [1.29, 1.82) is 0 Å². The molecular weight excluding hydrogens is 433 g/mol. The first-order chi connectivity index (χ1) is 14.7. The molecule has 31 heavy (non-hydrogen) atoms. The molecule has 0 saturated carbocycles. The van der Waals surface area contributed by atoms with Crippen LogP contribution in [0, 0.1) is 5.82 Å². The Morgan fingerprint density at radius 3 is 2.68 bits per heavy atom. The summed E-state index contributed by atoms with van der Waals surface area (Å²) in [6.07, 6.45) is 1.27.